The van der Waals surface area contributed by atoms with Gasteiger partial charge in [-0.05, 0) is 92.7 Å². The molecule has 3 atom stereocenters. The van der Waals surface area contributed by atoms with Crippen LogP contribution in [0.3, 0.4) is 0 Å². The van der Waals surface area contributed by atoms with Gasteiger partial charge in [-0.15, -0.1) is 0 Å². The van der Waals surface area contributed by atoms with E-state index < -0.39 is 0 Å². The summed E-state index contributed by atoms with van der Waals surface area (Å²) in [7, 11) is 0. The summed E-state index contributed by atoms with van der Waals surface area (Å²) in [6, 6.07) is 30.6. The lowest BCUT2D eigenvalue weighted by Gasteiger charge is -2.37. The van der Waals surface area contributed by atoms with E-state index in [-0.39, 0.29) is 0 Å². The van der Waals surface area contributed by atoms with Gasteiger partial charge in [0, 0.05) is 15.2 Å². The summed E-state index contributed by atoms with van der Waals surface area (Å²) in [6.45, 7) is 0.572. The van der Waals surface area contributed by atoms with Crippen molar-refractivity contribution in [1.29, 1.82) is 0 Å². The topological polar surface area (TPSA) is 21.3 Å². The number of anilines is 1. The summed E-state index contributed by atoms with van der Waals surface area (Å²) in [5.41, 5.74) is 5.24. The molecule has 0 amide bonds. The second kappa shape index (κ2) is 8.28. The Hall–Kier alpha value is -2.79. The third-order valence-corrected chi connectivity index (χ3v) is 7.51. The maximum Gasteiger partial charge on any atom is 0.119 e. The Kier molecular flexibility index (Phi) is 5.14. The first-order valence-electron chi connectivity index (χ1n) is 11.2. The Labute approximate surface area is 202 Å². The molecule has 158 valence electrons. The van der Waals surface area contributed by atoms with E-state index in [1.165, 1.54) is 36.7 Å². The summed E-state index contributed by atoms with van der Waals surface area (Å²) in [5.74, 6) is 1.96. The molecule has 1 N–H and O–H groups in total. The minimum atomic E-state index is 0.315. The first-order chi connectivity index (χ1) is 15.8. The van der Waals surface area contributed by atoms with Crippen molar-refractivity contribution in [1.82, 2.24) is 0 Å². The van der Waals surface area contributed by atoms with E-state index in [0.717, 1.165) is 12.2 Å². The van der Waals surface area contributed by atoms with Crippen molar-refractivity contribution in [2.45, 2.75) is 25.0 Å². The Balaban J connectivity index is 1.22. The van der Waals surface area contributed by atoms with E-state index in [9.17, 15) is 0 Å². The first-order valence-corrected chi connectivity index (χ1v) is 12.3. The molecule has 4 aromatic rings. The van der Waals surface area contributed by atoms with Crippen LogP contribution in [0.25, 0.3) is 10.8 Å². The van der Waals surface area contributed by atoms with Gasteiger partial charge in [-0.25, -0.2) is 0 Å². The van der Waals surface area contributed by atoms with Gasteiger partial charge in [0.15, 0.2) is 0 Å². The second-order valence-corrected chi connectivity index (χ2v) is 9.95. The highest BCUT2D eigenvalue weighted by molar-refractivity contribution is 14.1. The Morgan fingerprint density at radius 3 is 2.66 bits per heavy atom. The molecule has 0 saturated heterocycles. The Morgan fingerprint density at radius 2 is 1.75 bits per heavy atom. The smallest absolute Gasteiger partial charge is 0.119 e. The van der Waals surface area contributed by atoms with E-state index in [0.29, 0.717) is 24.5 Å². The average molecular weight is 529 g/mol. The van der Waals surface area contributed by atoms with Crippen LogP contribution in [0.5, 0.6) is 5.75 Å². The monoisotopic (exact) mass is 529 g/mol. The molecule has 0 spiro atoms. The van der Waals surface area contributed by atoms with Crippen LogP contribution in [0, 0.1) is 9.49 Å². The zero-order chi connectivity index (χ0) is 21.5. The fraction of sp³-hybridized carbons (Fsp3) is 0.172. The molecule has 4 aromatic carbocycles. The Bertz CT molecular complexity index is 1310. The van der Waals surface area contributed by atoms with Gasteiger partial charge < -0.3 is 10.1 Å². The van der Waals surface area contributed by atoms with Crippen LogP contribution < -0.4 is 10.1 Å². The average Bonchev–Trinajstić information content (AvgIpc) is 3.33. The lowest BCUT2D eigenvalue weighted by molar-refractivity contribution is 0.307. The maximum absolute atomic E-state index is 6.16. The molecule has 3 heteroatoms. The fourth-order valence-electron chi connectivity index (χ4n) is 5.25. The predicted molar refractivity (Wildman–Crippen MR) is 140 cm³/mol. The van der Waals surface area contributed by atoms with Crippen LogP contribution in [-0.4, -0.2) is 0 Å². The molecule has 0 saturated carbocycles. The van der Waals surface area contributed by atoms with Gasteiger partial charge in [-0.1, -0.05) is 66.7 Å². The quantitative estimate of drug-likeness (QED) is 0.215. The maximum atomic E-state index is 6.16. The normalized spacial score (nSPS) is 21.1. The lowest BCUT2D eigenvalue weighted by Crippen LogP contribution is -2.29. The number of ether oxygens (including phenoxy) is 1. The van der Waals surface area contributed by atoms with Gasteiger partial charge in [0.25, 0.3) is 0 Å². The highest BCUT2D eigenvalue weighted by Gasteiger charge is 2.37. The summed E-state index contributed by atoms with van der Waals surface area (Å²) >= 11 is 2.41. The molecule has 6 rings (SSSR count). The zero-order valence-corrected chi connectivity index (χ0v) is 19.8. The van der Waals surface area contributed by atoms with Crippen LogP contribution in [0.4, 0.5) is 5.69 Å². The number of allylic oxidation sites excluding steroid dienone is 2. The van der Waals surface area contributed by atoms with Gasteiger partial charge in [-0.3, -0.25) is 0 Å². The van der Waals surface area contributed by atoms with Crippen molar-refractivity contribution < 1.29 is 4.74 Å². The first kappa shape index (κ1) is 19.9. The number of hydrogen-bond acceptors (Lipinski definition) is 2. The van der Waals surface area contributed by atoms with Crippen molar-refractivity contribution >= 4 is 39.1 Å². The number of fused-ring (bicyclic) bond motifs is 4. The molecule has 1 heterocycles. The molecule has 0 radical (unpaired) electrons. The van der Waals surface area contributed by atoms with Crippen molar-refractivity contribution in [2.75, 3.05) is 5.32 Å². The van der Waals surface area contributed by atoms with Crippen LogP contribution in [-0.2, 0) is 6.61 Å². The number of nitrogens with one attached hydrogen (secondary N) is 1. The lowest BCUT2D eigenvalue weighted by atomic mass is 9.77. The molecular weight excluding hydrogens is 505 g/mol. The summed E-state index contributed by atoms with van der Waals surface area (Å²) < 4.78 is 7.46. The van der Waals surface area contributed by atoms with E-state index in [4.69, 9.17) is 4.74 Å². The fourth-order valence-corrected chi connectivity index (χ4v) is 5.76. The molecule has 0 fully saturated rings. The number of benzene rings is 4. The highest BCUT2D eigenvalue weighted by atomic mass is 127. The van der Waals surface area contributed by atoms with Crippen molar-refractivity contribution in [3.63, 3.8) is 0 Å². The van der Waals surface area contributed by atoms with E-state index >= 15 is 0 Å². The van der Waals surface area contributed by atoms with Crippen LogP contribution >= 0.6 is 22.6 Å². The minimum Gasteiger partial charge on any atom is -0.489 e. The van der Waals surface area contributed by atoms with Crippen LogP contribution in [0.1, 0.15) is 35.1 Å². The minimum absolute atomic E-state index is 0.315. The van der Waals surface area contributed by atoms with Crippen molar-refractivity contribution in [2.24, 2.45) is 5.92 Å². The van der Waals surface area contributed by atoms with Crippen LogP contribution in [0.2, 0.25) is 0 Å². The molecule has 1 aliphatic carbocycles. The summed E-state index contributed by atoms with van der Waals surface area (Å²) in [4.78, 5) is 0. The third kappa shape index (κ3) is 3.58. The standard InChI is InChI=1S/C29H24INO/c30-22-13-16-28-27(17-22)25-9-4-10-26(25)29(31-28)20-11-14-23(15-12-20)32-18-21-7-3-6-19-5-1-2-8-24(19)21/h1-9,11-17,25-26,29,31H,10,18H2/t25-,26+,29+/m1/s1. The number of hydrogen-bond donors (Lipinski definition) is 1. The van der Waals surface area contributed by atoms with Crippen molar-refractivity contribution in [3.8, 4) is 5.75 Å². The van der Waals surface area contributed by atoms with Gasteiger partial charge in [-0.2, -0.15) is 0 Å². The summed E-state index contributed by atoms with van der Waals surface area (Å²) in [5, 5.41) is 6.33. The molecule has 2 aliphatic rings. The predicted octanol–water partition coefficient (Wildman–Crippen LogP) is 7.85. The van der Waals surface area contributed by atoms with Gasteiger partial charge in [0.2, 0.25) is 0 Å². The molecule has 0 aromatic heterocycles. The number of rotatable bonds is 4. The molecule has 32 heavy (non-hydrogen) atoms. The molecular formula is C29H24INO. The van der Waals surface area contributed by atoms with Gasteiger partial charge >= 0.3 is 0 Å². The molecule has 2 nitrogen and oxygen atoms in total. The van der Waals surface area contributed by atoms with Crippen LogP contribution in [0.15, 0.2) is 97.1 Å². The summed E-state index contributed by atoms with van der Waals surface area (Å²) in [6.07, 6.45) is 5.86. The largest absolute Gasteiger partial charge is 0.489 e. The van der Waals surface area contributed by atoms with E-state index in [2.05, 4.69) is 125 Å². The van der Waals surface area contributed by atoms with Gasteiger partial charge in [0.05, 0.1) is 6.04 Å². The molecule has 0 bridgehead atoms. The second-order valence-electron chi connectivity index (χ2n) is 8.70. The number of halogens is 1. The van der Waals surface area contributed by atoms with E-state index in [1.54, 1.807) is 0 Å². The Morgan fingerprint density at radius 1 is 0.906 bits per heavy atom. The molecule has 0 unspecified atom stereocenters. The zero-order valence-electron chi connectivity index (χ0n) is 17.7. The third-order valence-electron chi connectivity index (χ3n) is 6.84. The van der Waals surface area contributed by atoms with E-state index in [1.807, 2.05) is 0 Å². The van der Waals surface area contributed by atoms with Gasteiger partial charge in [0.1, 0.15) is 12.4 Å². The molecule has 1 aliphatic heterocycles. The SMILES string of the molecule is Ic1ccc2c(c1)[C@@H]1C=CC[C@@H]1[C@H](c1ccc(OCc3cccc4ccccc34)cc1)N2. The highest BCUT2D eigenvalue weighted by Crippen LogP contribution is 2.50. The van der Waals surface area contributed by atoms with Crippen molar-refractivity contribution in [3.05, 3.63) is 117 Å².